The van der Waals surface area contributed by atoms with Crippen LogP contribution in [0, 0.1) is 5.92 Å². The fourth-order valence-electron chi connectivity index (χ4n) is 4.22. The van der Waals surface area contributed by atoms with E-state index in [0.29, 0.717) is 28.6 Å². The molecule has 3 aromatic rings. The number of piperidine rings is 1. The first-order valence-electron chi connectivity index (χ1n) is 11.5. The van der Waals surface area contributed by atoms with E-state index in [1.165, 1.54) is 6.33 Å². The number of hydrogen-bond acceptors (Lipinski definition) is 7. The third-order valence-corrected chi connectivity index (χ3v) is 5.67. The molecule has 2 heterocycles. The summed E-state index contributed by atoms with van der Waals surface area (Å²) >= 11 is 0. The summed E-state index contributed by atoms with van der Waals surface area (Å²) < 4.78 is 5.83. The molecule has 0 spiro atoms. The lowest BCUT2D eigenvalue weighted by Crippen LogP contribution is -2.43. The van der Waals surface area contributed by atoms with Gasteiger partial charge in [-0.05, 0) is 61.7 Å². The molecule has 1 saturated heterocycles. The van der Waals surface area contributed by atoms with Gasteiger partial charge in [-0.1, -0.05) is 32.0 Å². The monoisotopic (exact) mass is 445 g/mol. The molecule has 1 fully saturated rings. The van der Waals surface area contributed by atoms with Crippen molar-refractivity contribution in [1.29, 1.82) is 0 Å². The van der Waals surface area contributed by atoms with Gasteiger partial charge in [-0.15, -0.1) is 0 Å². The molecule has 4 rings (SSSR count). The third kappa shape index (κ3) is 5.87. The highest BCUT2D eigenvalue weighted by Crippen LogP contribution is 2.26. The Hall–Kier alpha value is -3.45. The number of hydrogen-bond donors (Lipinski definition) is 2. The molecule has 0 bridgehead atoms. The number of ether oxygens (including phenoxy) is 1. The number of anilines is 2. The van der Waals surface area contributed by atoms with Crippen LogP contribution in [0.3, 0.4) is 0 Å². The van der Waals surface area contributed by atoms with Crippen LogP contribution < -0.4 is 15.8 Å². The topological polar surface area (TPSA) is 93.4 Å². The number of nitrogens with zero attached hydrogens (tertiary/aromatic N) is 3. The van der Waals surface area contributed by atoms with Crippen molar-refractivity contribution in [2.24, 2.45) is 5.92 Å². The van der Waals surface area contributed by atoms with E-state index >= 15 is 0 Å². The van der Waals surface area contributed by atoms with Gasteiger partial charge in [-0.2, -0.15) is 0 Å². The van der Waals surface area contributed by atoms with Crippen molar-refractivity contribution in [3.63, 3.8) is 0 Å². The second-order valence-corrected chi connectivity index (χ2v) is 8.89. The molecule has 1 aliphatic rings. The number of rotatable bonds is 8. The van der Waals surface area contributed by atoms with Gasteiger partial charge in [-0.25, -0.2) is 9.97 Å². The molecular weight excluding hydrogens is 414 g/mol. The summed E-state index contributed by atoms with van der Waals surface area (Å²) in [6, 6.07) is 16.8. The number of benzene rings is 2. The summed E-state index contributed by atoms with van der Waals surface area (Å²) in [5, 5.41) is 3.47. The SMILES string of the molecule is CC(C)CN1CCC[C@@H](Nc2ncnc(N)c2C(=O)c2ccc(Oc3ccccc3)cc2)C1. The van der Waals surface area contributed by atoms with E-state index in [2.05, 4.69) is 34.0 Å². The lowest BCUT2D eigenvalue weighted by atomic mass is 10.0. The summed E-state index contributed by atoms with van der Waals surface area (Å²) in [7, 11) is 0. The lowest BCUT2D eigenvalue weighted by Gasteiger charge is -2.34. The number of para-hydroxylation sites is 1. The summed E-state index contributed by atoms with van der Waals surface area (Å²) in [6.45, 7) is 7.55. The Kier molecular flexibility index (Phi) is 7.19. The molecule has 3 N–H and O–H groups in total. The van der Waals surface area contributed by atoms with Gasteiger partial charge in [0.05, 0.1) is 0 Å². The molecule has 0 amide bonds. The van der Waals surface area contributed by atoms with Gasteiger partial charge in [0, 0.05) is 24.7 Å². The molecule has 33 heavy (non-hydrogen) atoms. The number of nitrogens with one attached hydrogen (secondary N) is 1. The van der Waals surface area contributed by atoms with Crippen LogP contribution in [0.15, 0.2) is 60.9 Å². The van der Waals surface area contributed by atoms with Crippen LogP contribution >= 0.6 is 0 Å². The first-order chi connectivity index (χ1) is 16.0. The van der Waals surface area contributed by atoms with E-state index in [4.69, 9.17) is 10.5 Å². The van der Waals surface area contributed by atoms with Gasteiger partial charge in [0.1, 0.15) is 35.0 Å². The molecule has 0 saturated carbocycles. The molecule has 7 nitrogen and oxygen atoms in total. The van der Waals surface area contributed by atoms with E-state index in [1.54, 1.807) is 24.3 Å². The molecule has 0 radical (unpaired) electrons. The highest BCUT2D eigenvalue weighted by molar-refractivity contribution is 6.14. The largest absolute Gasteiger partial charge is 0.457 e. The predicted molar refractivity (Wildman–Crippen MR) is 131 cm³/mol. The fourth-order valence-corrected chi connectivity index (χ4v) is 4.22. The Morgan fingerprint density at radius 3 is 2.58 bits per heavy atom. The predicted octanol–water partition coefficient (Wildman–Crippen LogP) is 4.61. The van der Waals surface area contributed by atoms with Crippen molar-refractivity contribution >= 4 is 17.4 Å². The van der Waals surface area contributed by atoms with Crippen molar-refractivity contribution in [3.05, 3.63) is 72.1 Å². The maximum absolute atomic E-state index is 13.4. The zero-order chi connectivity index (χ0) is 23.2. The molecule has 2 aromatic carbocycles. The van der Waals surface area contributed by atoms with E-state index in [-0.39, 0.29) is 17.6 Å². The minimum absolute atomic E-state index is 0.178. The van der Waals surface area contributed by atoms with Crippen molar-refractivity contribution in [1.82, 2.24) is 14.9 Å². The summed E-state index contributed by atoms with van der Waals surface area (Å²) in [6.07, 6.45) is 3.54. The number of ketones is 1. The van der Waals surface area contributed by atoms with Crippen molar-refractivity contribution in [3.8, 4) is 11.5 Å². The van der Waals surface area contributed by atoms with Crippen LogP contribution in [-0.2, 0) is 0 Å². The molecule has 172 valence electrons. The Balaban J connectivity index is 1.50. The number of carbonyl (C=O) groups excluding carboxylic acids is 1. The van der Waals surface area contributed by atoms with Crippen molar-refractivity contribution < 1.29 is 9.53 Å². The quantitative estimate of drug-likeness (QED) is 0.489. The molecule has 1 atom stereocenters. The van der Waals surface area contributed by atoms with Gasteiger partial charge < -0.3 is 20.7 Å². The Morgan fingerprint density at radius 1 is 1.12 bits per heavy atom. The number of nitrogens with two attached hydrogens (primary N) is 1. The maximum Gasteiger partial charge on any atom is 0.200 e. The van der Waals surface area contributed by atoms with E-state index < -0.39 is 0 Å². The standard InChI is InChI=1S/C26H31N5O2/c1-18(2)15-31-14-6-7-20(16-31)30-26-23(25(27)28-17-29-26)24(32)19-10-12-22(13-11-19)33-21-8-4-3-5-9-21/h3-5,8-13,17-18,20H,6-7,14-16H2,1-2H3,(H3,27,28,29,30)/t20-/m1/s1. The van der Waals surface area contributed by atoms with Gasteiger partial charge in [-0.3, -0.25) is 4.79 Å². The van der Waals surface area contributed by atoms with Crippen LogP contribution in [0.25, 0.3) is 0 Å². The summed E-state index contributed by atoms with van der Waals surface area (Å²) in [4.78, 5) is 24.3. The van der Waals surface area contributed by atoms with Gasteiger partial charge >= 0.3 is 0 Å². The van der Waals surface area contributed by atoms with Crippen LogP contribution in [0.5, 0.6) is 11.5 Å². The number of aromatic nitrogens is 2. The first kappa shape index (κ1) is 22.7. The number of likely N-dealkylation sites (tertiary alicyclic amines) is 1. The Morgan fingerprint density at radius 2 is 1.85 bits per heavy atom. The minimum Gasteiger partial charge on any atom is -0.457 e. The van der Waals surface area contributed by atoms with Crippen molar-refractivity contribution in [2.45, 2.75) is 32.7 Å². The minimum atomic E-state index is -0.211. The van der Waals surface area contributed by atoms with Gasteiger partial charge in [0.2, 0.25) is 0 Å². The second-order valence-electron chi connectivity index (χ2n) is 8.89. The average molecular weight is 446 g/mol. The van der Waals surface area contributed by atoms with E-state index in [1.807, 2.05) is 30.3 Å². The molecule has 0 unspecified atom stereocenters. The van der Waals surface area contributed by atoms with Crippen LogP contribution in [-0.4, -0.2) is 46.3 Å². The van der Waals surface area contributed by atoms with E-state index in [0.717, 1.165) is 38.2 Å². The van der Waals surface area contributed by atoms with Crippen LogP contribution in [0.1, 0.15) is 42.6 Å². The Labute approximate surface area is 195 Å². The van der Waals surface area contributed by atoms with Gasteiger partial charge in [0.15, 0.2) is 5.78 Å². The zero-order valence-corrected chi connectivity index (χ0v) is 19.2. The number of nitrogen functional groups attached to an aromatic ring is 1. The molecule has 7 heteroatoms. The first-order valence-corrected chi connectivity index (χ1v) is 11.5. The third-order valence-electron chi connectivity index (χ3n) is 5.67. The zero-order valence-electron chi connectivity index (χ0n) is 19.2. The van der Waals surface area contributed by atoms with Gasteiger partial charge in [0.25, 0.3) is 0 Å². The molecular formula is C26H31N5O2. The lowest BCUT2D eigenvalue weighted by molar-refractivity contribution is 0.103. The highest BCUT2D eigenvalue weighted by atomic mass is 16.5. The molecule has 1 aromatic heterocycles. The number of carbonyl (C=O) groups is 1. The Bertz CT molecular complexity index is 1070. The molecule has 0 aliphatic carbocycles. The maximum atomic E-state index is 13.4. The fraction of sp³-hybridized carbons (Fsp3) is 0.346. The summed E-state index contributed by atoms with van der Waals surface area (Å²) in [5.74, 6) is 2.47. The average Bonchev–Trinajstić information content (AvgIpc) is 2.80. The molecule has 1 aliphatic heterocycles. The van der Waals surface area contributed by atoms with Crippen LogP contribution in [0.2, 0.25) is 0 Å². The highest BCUT2D eigenvalue weighted by Gasteiger charge is 2.25. The smallest absolute Gasteiger partial charge is 0.200 e. The second kappa shape index (κ2) is 10.4. The van der Waals surface area contributed by atoms with E-state index in [9.17, 15) is 4.79 Å². The normalized spacial score (nSPS) is 16.5. The summed E-state index contributed by atoms with van der Waals surface area (Å²) in [5.41, 5.74) is 6.96. The van der Waals surface area contributed by atoms with Crippen LogP contribution in [0.4, 0.5) is 11.6 Å². The van der Waals surface area contributed by atoms with Crippen molar-refractivity contribution in [2.75, 3.05) is 30.7 Å².